The number of carbonyl (C=O) groups excluding carboxylic acids is 1. The maximum absolute atomic E-state index is 12.7. The van der Waals surface area contributed by atoms with Gasteiger partial charge < -0.3 is 15.0 Å². The third-order valence-electron chi connectivity index (χ3n) is 3.52. The standard InChI is InChI=1S/C15H19F3N2O2.ClH/c1-20(14(21)8-13-10-22-6-5-19-13)9-11-3-2-4-12(7-11)15(16,17)18;/h2-4,7,13,19H,5-6,8-10H2,1H3;1H. The number of hydrogen-bond acceptors (Lipinski definition) is 3. The average Bonchev–Trinajstić information content (AvgIpc) is 2.47. The lowest BCUT2D eigenvalue weighted by molar-refractivity contribution is -0.137. The highest BCUT2D eigenvalue weighted by atomic mass is 35.5. The first-order chi connectivity index (χ1) is 10.4. The van der Waals surface area contributed by atoms with Crippen molar-refractivity contribution in [3.63, 3.8) is 0 Å². The summed E-state index contributed by atoms with van der Waals surface area (Å²) >= 11 is 0. The number of amides is 1. The third-order valence-corrected chi connectivity index (χ3v) is 3.52. The van der Waals surface area contributed by atoms with Crippen LogP contribution in [0.1, 0.15) is 17.5 Å². The van der Waals surface area contributed by atoms with Crippen LogP contribution >= 0.6 is 12.4 Å². The normalized spacial score (nSPS) is 18.2. The second-order valence-electron chi connectivity index (χ2n) is 5.38. The predicted molar refractivity (Wildman–Crippen MR) is 82.4 cm³/mol. The van der Waals surface area contributed by atoms with Crippen LogP contribution in [0.3, 0.4) is 0 Å². The van der Waals surface area contributed by atoms with E-state index in [2.05, 4.69) is 5.32 Å². The Kier molecular flexibility index (Phi) is 7.31. The summed E-state index contributed by atoms with van der Waals surface area (Å²) in [6, 6.07) is 5.00. The van der Waals surface area contributed by atoms with Gasteiger partial charge in [-0.2, -0.15) is 13.2 Å². The molecule has 23 heavy (non-hydrogen) atoms. The van der Waals surface area contributed by atoms with Gasteiger partial charge in [0.2, 0.25) is 5.91 Å². The van der Waals surface area contributed by atoms with Gasteiger partial charge in [-0.1, -0.05) is 12.1 Å². The maximum Gasteiger partial charge on any atom is 0.416 e. The summed E-state index contributed by atoms with van der Waals surface area (Å²) in [6.07, 6.45) is -4.10. The minimum Gasteiger partial charge on any atom is -0.378 e. The van der Waals surface area contributed by atoms with Crippen LogP contribution in [0, 0.1) is 0 Å². The molecular weight excluding hydrogens is 333 g/mol. The lowest BCUT2D eigenvalue weighted by Gasteiger charge is -2.26. The first-order valence-corrected chi connectivity index (χ1v) is 7.07. The number of alkyl halides is 3. The zero-order chi connectivity index (χ0) is 16.2. The number of carbonyl (C=O) groups is 1. The minimum atomic E-state index is -4.37. The van der Waals surface area contributed by atoms with E-state index in [1.807, 2.05) is 0 Å². The fourth-order valence-corrected chi connectivity index (χ4v) is 2.33. The van der Waals surface area contributed by atoms with E-state index < -0.39 is 11.7 Å². The van der Waals surface area contributed by atoms with Gasteiger partial charge in [0.05, 0.1) is 18.8 Å². The molecule has 8 heteroatoms. The molecule has 1 amide bonds. The molecule has 1 aliphatic heterocycles. The lowest BCUT2D eigenvalue weighted by atomic mass is 10.1. The number of morpholine rings is 1. The van der Waals surface area contributed by atoms with Gasteiger partial charge in [0.1, 0.15) is 0 Å². The molecule has 1 heterocycles. The van der Waals surface area contributed by atoms with Crippen LogP contribution in [0.4, 0.5) is 13.2 Å². The van der Waals surface area contributed by atoms with E-state index in [9.17, 15) is 18.0 Å². The van der Waals surface area contributed by atoms with Gasteiger partial charge in [-0.05, 0) is 17.7 Å². The summed E-state index contributed by atoms with van der Waals surface area (Å²) in [7, 11) is 1.59. The molecule has 4 nitrogen and oxygen atoms in total. The van der Waals surface area contributed by atoms with Crippen LogP contribution in [0.5, 0.6) is 0 Å². The van der Waals surface area contributed by atoms with Crippen molar-refractivity contribution in [2.24, 2.45) is 0 Å². The molecule has 1 N–H and O–H groups in total. The van der Waals surface area contributed by atoms with Gasteiger partial charge in [-0.25, -0.2) is 0 Å². The number of ether oxygens (including phenoxy) is 1. The van der Waals surface area contributed by atoms with Gasteiger partial charge in [-0.15, -0.1) is 12.4 Å². The molecule has 1 unspecified atom stereocenters. The Hall–Kier alpha value is -1.31. The van der Waals surface area contributed by atoms with Crippen molar-refractivity contribution in [1.82, 2.24) is 10.2 Å². The topological polar surface area (TPSA) is 41.6 Å². The summed E-state index contributed by atoms with van der Waals surface area (Å²) in [4.78, 5) is 13.5. The molecule has 130 valence electrons. The molecule has 0 aromatic heterocycles. The van der Waals surface area contributed by atoms with Crippen molar-refractivity contribution in [1.29, 1.82) is 0 Å². The van der Waals surface area contributed by atoms with Crippen molar-refractivity contribution in [2.45, 2.75) is 25.2 Å². The van der Waals surface area contributed by atoms with E-state index in [4.69, 9.17) is 4.74 Å². The highest BCUT2D eigenvalue weighted by Crippen LogP contribution is 2.29. The summed E-state index contributed by atoms with van der Waals surface area (Å²) in [6.45, 7) is 1.96. The fourth-order valence-electron chi connectivity index (χ4n) is 2.33. The molecule has 0 radical (unpaired) electrons. The molecular formula is C15H20ClF3N2O2. The molecule has 0 bridgehead atoms. The van der Waals surface area contributed by atoms with E-state index in [0.717, 1.165) is 12.1 Å². The van der Waals surface area contributed by atoms with Crippen molar-refractivity contribution < 1.29 is 22.7 Å². The zero-order valence-electron chi connectivity index (χ0n) is 12.7. The van der Waals surface area contributed by atoms with Gasteiger partial charge in [-0.3, -0.25) is 4.79 Å². The number of halogens is 4. The van der Waals surface area contributed by atoms with Crippen LogP contribution in [0.25, 0.3) is 0 Å². The Balaban J connectivity index is 0.00000264. The van der Waals surface area contributed by atoms with Crippen LogP contribution < -0.4 is 5.32 Å². The molecule has 0 spiro atoms. The smallest absolute Gasteiger partial charge is 0.378 e. The SMILES string of the molecule is CN(Cc1cccc(C(F)(F)F)c1)C(=O)CC1COCCN1.Cl. The summed E-state index contributed by atoms with van der Waals surface area (Å²) in [5.74, 6) is -0.125. The number of nitrogens with zero attached hydrogens (tertiary/aromatic N) is 1. The Morgan fingerprint density at radius 2 is 2.17 bits per heavy atom. The molecule has 0 aliphatic carbocycles. The number of rotatable bonds is 4. The van der Waals surface area contributed by atoms with Gasteiger partial charge >= 0.3 is 6.18 Å². The second kappa shape index (κ2) is 8.52. The molecule has 1 fully saturated rings. The lowest BCUT2D eigenvalue weighted by Crippen LogP contribution is -2.44. The van der Waals surface area contributed by atoms with Gasteiger partial charge in [0.25, 0.3) is 0 Å². The van der Waals surface area contributed by atoms with Gasteiger partial charge in [0.15, 0.2) is 0 Å². The fraction of sp³-hybridized carbons (Fsp3) is 0.533. The largest absolute Gasteiger partial charge is 0.416 e. The number of nitrogens with one attached hydrogen (secondary N) is 1. The van der Waals surface area contributed by atoms with E-state index in [1.165, 1.54) is 11.0 Å². The van der Waals surface area contributed by atoms with Crippen molar-refractivity contribution in [3.8, 4) is 0 Å². The van der Waals surface area contributed by atoms with Crippen LogP contribution in [-0.2, 0) is 22.3 Å². The molecule has 1 saturated heterocycles. The van der Waals surface area contributed by atoms with Crippen molar-refractivity contribution in [2.75, 3.05) is 26.8 Å². The van der Waals surface area contributed by atoms with E-state index in [-0.39, 0.29) is 37.3 Å². The van der Waals surface area contributed by atoms with E-state index >= 15 is 0 Å². The Morgan fingerprint density at radius 3 is 2.78 bits per heavy atom. The number of hydrogen-bond donors (Lipinski definition) is 1. The third kappa shape index (κ3) is 6.01. The Morgan fingerprint density at radius 1 is 1.43 bits per heavy atom. The van der Waals surface area contributed by atoms with Crippen LogP contribution in [-0.4, -0.2) is 43.7 Å². The molecule has 1 atom stereocenters. The quantitative estimate of drug-likeness (QED) is 0.905. The Bertz CT molecular complexity index is 520. The van der Waals surface area contributed by atoms with E-state index in [1.54, 1.807) is 13.1 Å². The molecule has 1 aliphatic rings. The predicted octanol–water partition coefficient (Wildman–Crippen LogP) is 2.46. The molecule has 1 aromatic carbocycles. The van der Waals surface area contributed by atoms with Crippen LogP contribution in [0.15, 0.2) is 24.3 Å². The average molecular weight is 353 g/mol. The Labute approximate surface area is 139 Å². The second-order valence-corrected chi connectivity index (χ2v) is 5.38. The first-order valence-electron chi connectivity index (χ1n) is 7.07. The van der Waals surface area contributed by atoms with Crippen molar-refractivity contribution >= 4 is 18.3 Å². The number of benzene rings is 1. The minimum absolute atomic E-state index is 0. The summed E-state index contributed by atoms with van der Waals surface area (Å²) in [5, 5.41) is 3.18. The van der Waals surface area contributed by atoms with Crippen molar-refractivity contribution in [3.05, 3.63) is 35.4 Å². The first kappa shape index (κ1) is 19.7. The highest BCUT2D eigenvalue weighted by molar-refractivity contribution is 5.85. The monoisotopic (exact) mass is 352 g/mol. The maximum atomic E-state index is 12.7. The summed E-state index contributed by atoms with van der Waals surface area (Å²) in [5.41, 5.74) is -0.244. The van der Waals surface area contributed by atoms with Gasteiger partial charge in [0, 0.05) is 32.6 Å². The van der Waals surface area contributed by atoms with Crippen LogP contribution in [0.2, 0.25) is 0 Å². The molecule has 1 aromatic rings. The summed E-state index contributed by atoms with van der Waals surface area (Å²) < 4.78 is 43.3. The molecule has 0 saturated carbocycles. The highest BCUT2D eigenvalue weighted by Gasteiger charge is 2.30. The molecule has 2 rings (SSSR count). The van der Waals surface area contributed by atoms with E-state index in [0.29, 0.717) is 25.3 Å². The zero-order valence-corrected chi connectivity index (χ0v) is 13.5.